The molecule has 5 rings (SSSR count). The molecule has 0 radical (unpaired) electrons. The maximum Gasteiger partial charge on any atom is 0.304 e. The molecule has 0 N–H and O–H groups in total. The van der Waals surface area contributed by atoms with E-state index in [-0.39, 0.29) is 36.6 Å². The van der Waals surface area contributed by atoms with Gasteiger partial charge in [-0.3, -0.25) is 9.59 Å². The Morgan fingerprint density at radius 2 is 1.77 bits per heavy atom. The van der Waals surface area contributed by atoms with E-state index >= 15 is 0 Å². The van der Waals surface area contributed by atoms with Gasteiger partial charge in [-0.2, -0.15) is 0 Å². The Kier molecular flexibility index (Phi) is 8.78. The molecule has 2 aliphatic heterocycles. The summed E-state index contributed by atoms with van der Waals surface area (Å²) >= 11 is 6.42. The van der Waals surface area contributed by atoms with Gasteiger partial charge in [-0.25, -0.2) is 4.39 Å². The Morgan fingerprint density at radius 3 is 2.45 bits per heavy atom. The molecule has 2 saturated heterocycles. The molecule has 0 spiro atoms. The van der Waals surface area contributed by atoms with Crippen LogP contribution >= 0.6 is 11.6 Å². The van der Waals surface area contributed by atoms with Crippen molar-refractivity contribution in [1.29, 1.82) is 0 Å². The summed E-state index contributed by atoms with van der Waals surface area (Å²) in [5, 5.41) is 0.886. The molecule has 1 aromatic heterocycles. The quantitative estimate of drug-likeness (QED) is 0.268. The normalized spacial score (nSPS) is 22.1. The molecule has 40 heavy (non-hydrogen) atoms. The summed E-state index contributed by atoms with van der Waals surface area (Å²) in [6.07, 6.45) is 4.05. The molecule has 0 aliphatic carbocycles. The van der Waals surface area contributed by atoms with Crippen LogP contribution in [0.3, 0.4) is 0 Å². The number of carbonyl (C=O) groups excluding carboxylic acids is 2. The molecule has 1 amide bonds. The van der Waals surface area contributed by atoms with Crippen LogP contribution in [0, 0.1) is 11.7 Å². The highest BCUT2D eigenvalue weighted by molar-refractivity contribution is 6.19. The van der Waals surface area contributed by atoms with Gasteiger partial charge in [0.05, 0.1) is 11.2 Å². The van der Waals surface area contributed by atoms with Crippen molar-refractivity contribution in [3.8, 4) is 0 Å². The largest absolute Gasteiger partial charge is 0.444 e. The highest BCUT2D eigenvalue weighted by Gasteiger charge is 2.35. The first-order chi connectivity index (χ1) is 19.2. The van der Waals surface area contributed by atoms with E-state index in [9.17, 15) is 14.0 Å². The number of hydrogen-bond acceptors (Lipinski definition) is 5. The highest BCUT2D eigenvalue weighted by Crippen LogP contribution is 2.38. The van der Waals surface area contributed by atoms with E-state index < -0.39 is 5.56 Å². The third-order valence-corrected chi connectivity index (χ3v) is 8.53. The summed E-state index contributed by atoms with van der Waals surface area (Å²) < 4.78 is 26.8. The van der Waals surface area contributed by atoms with Crippen molar-refractivity contribution in [2.24, 2.45) is 5.92 Å². The molecule has 3 atom stereocenters. The Morgan fingerprint density at radius 1 is 1.05 bits per heavy atom. The Balaban J connectivity index is 1.35. The summed E-state index contributed by atoms with van der Waals surface area (Å²) in [6.45, 7) is 2.83. The SMILES string of the molecule is CC(=O)OCn1c(C2OC(Cl)CCC2N(C)C)cc2cc(C(=O)N3CCC(Cc4ccc(F)cc4)CC3)ccc21. The number of carbonyl (C=O) groups is 2. The number of rotatable bonds is 7. The van der Waals surface area contributed by atoms with Crippen LogP contribution in [-0.2, 0) is 27.4 Å². The summed E-state index contributed by atoms with van der Waals surface area (Å²) in [5.74, 6) is -0.105. The first-order valence-electron chi connectivity index (χ1n) is 14.0. The van der Waals surface area contributed by atoms with Gasteiger partial charge < -0.3 is 23.8 Å². The fraction of sp³-hybridized carbons (Fsp3) is 0.484. The number of hydrogen-bond donors (Lipinski definition) is 0. The maximum absolute atomic E-state index is 13.5. The van der Waals surface area contributed by atoms with Gasteiger partial charge in [0.1, 0.15) is 17.5 Å². The molecule has 3 unspecified atom stereocenters. The van der Waals surface area contributed by atoms with Gasteiger partial charge in [0.15, 0.2) is 6.73 Å². The zero-order valence-electron chi connectivity index (χ0n) is 23.3. The standard InChI is InChI=1S/C31H37ClFN3O4/c1-20(37)39-19-36-26-9-6-23(17-24(26)18-28(36)30-27(34(2)3)10-11-29(32)40-30)31(38)35-14-12-22(13-15-35)16-21-4-7-25(33)8-5-21/h4-9,17-18,22,27,29-30H,10-16,19H2,1-3H3. The molecule has 3 heterocycles. The van der Waals surface area contributed by atoms with E-state index in [1.54, 1.807) is 0 Å². The van der Waals surface area contributed by atoms with Gasteiger partial charge in [-0.15, -0.1) is 0 Å². The lowest BCUT2D eigenvalue weighted by molar-refractivity contribution is -0.145. The minimum atomic E-state index is -0.399. The zero-order chi connectivity index (χ0) is 28.4. The fourth-order valence-corrected chi connectivity index (χ4v) is 6.24. The number of alkyl halides is 1. The van der Waals surface area contributed by atoms with Gasteiger partial charge in [0.2, 0.25) is 0 Å². The summed E-state index contributed by atoms with van der Waals surface area (Å²) in [5.41, 5.74) is 3.09. The first-order valence-corrected chi connectivity index (χ1v) is 14.4. The lowest BCUT2D eigenvalue weighted by Crippen LogP contribution is -2.41. The minimum Gasteiger partial charge on any atom is -0.444 e. The average molecular weight is 570 g/mol. The highest BCUT2D eigenvalue weighted by atomic mass is 35.5. The smallest absolute Gasteiger partial charge is 0.304 e. The maximum atomic E-state index is 13.5. The van der Waals surface area contributed by atoms with E-state index in [4.69, 9.17) is 21.1 Å². The number of aromatic nitrogens is 1. The second-order valence-electron chi connectivity index (χ2n) is 11.2. The molecular formula is C31H37ClFN3O4. The number of nitrogens with zero attached hydrogens (tertiary/aromatic N) is 3. The van der Waals surface area contributed by atoms with Crippen molar-refractivity contribution in [1.82, 2.24) is 14.4 Å². The second-order valence-corrected chi connectivity index (χ2v) is 11.7. The Labute approximate surface area is 239 Å². The van der Waals surface area contributed by atoms with E-state index in [2.05, 4.69) is 4.90 Å². The summed E-state index contributed by atoms with van der Waals surface area (Å²) in [7, 11) is 4.04. The van der Waals surface area contributed by atoms with Crippen LogP contribution in [0.2, 0.25) is 0 Å². The number of fused-ring (bicyclic) bond motifs is 1. The van der Waals surface area contributed by atoms with Crippen LogP contribution in [-0.4, -0.2) is 65.0 Å². The lowest BCUT2D eigenvalue weighted by atomic mass is 9.90. The first kappa shape index (κ1) is 28.6. The monoisotopic (exact) mass is 569 g/mol. The molecule has 0 bridgehead atoms. The second kappa shape index (κ2) is 12.3. The van der Waals surface area contributed by atoms with Crippen LogP contribution in [0.25, 0.3) is 10.9 Å². The van der Waals surface area contributed by atoms with Gasteiger partial charge in [0.25, 0.3) is 5.91 Å². The van der Waals surface area contributed by atoms with Gasteiger partial charge in [-0.05, 0) is 94.1 Å². The van der Waals surface area contributed by atoms with E-state index in [0.717, 1.165) is 54.3 Å². The summed E-state index contributed by atoms with van der Waals surface area (Å²) in [4.78, 5) is 29.2. The molecule has 2 fully saturated rings. The van der Waals surface area contributed by atoms with Crippen LogP contribution in [0.4, 0.5) is 4.39 Å². The molecule has 9 heteroatoms. The predicted molar refractivity (Wildman–Crippen MR) is 153 cm³/mol. The average Bonchev–Trinajstić information content (AvgIpc) is 3.30. The molecular weight excluding hydrogens is 533 g/mol. The van der Waals surface area contributed by atoms with Crippen molar-refractivity contribution in [2.75, 3.05) is 27.2 Å². The summed E-state index contributed by atoms with van der Waals surface area (Å²) in [6, 6.07) is 14.5. The number of likely N-dealkylation sites (tertiary alicyclic amines) is 1. The van der Waals surface area contributed by atoms with Crippen molar-refractivity contribution in [2.45, 2.75) is 63.5 Å². The fourth-order valence-electron chi connectivity index (χ4n) is 6.00. The van der Waals surface area contributed by atoms with Crippen molar-refractivity contribution < 1.29 is 23.5 Å². The number of amides is 1. The predicted octanol–water partition coefficient (Wildman–Crippen LogP) is 5.74. The third kappa shape index (κ3) is 6.35. The number of benzene rings is 2. The van der Waals surface area contributed by atoms with Crippen LogP contribution in [0.15, 0.2) is 48.5 Å². The number of esters is 1. The molecule has 2 aliphatic rings. The minimum absolute atomic E-state index is 0.0114. The number of halogens is 2. The van der Waals surface area contributed by atoms with Crippen LogP contribution < -0.4 is 0 Å². The van der Waals surface area contributed by atoms with E-state index in [1.165, 1.54) is 19.1 Å². The molecule has 7 nitrogen and oxygen atoms in total. The zero-order valence-corrected chi connectivity index (χ0v) is 24.1. The lowest BCUT2D eigenvalue weighted by Gasteiger charge is -2.38. The van der Waals surface area contributed by atoms with Crippen molar-refractivity contribution >= 4 is 34.4 Å². The van der Waals surface area contributed by atoms with Gasteiger partial charge in [-0.1, -0.05) is 23.7 Å². The van der Waals surface area contributed by atoms with Gasteiger partial charge in [0, 0.05) is 37.0 Å². The Hall–Kier alpha value is -2.94. The number of ether oxygens (including phenoxy) is 2. The van der Waals surface area contributed by atoms with E-state index in [1.807, 2.05) is 60.0 Å². The number of piperidine rings is 1. The van der Waals surface area contributed by atoms with Crippen molar-refractivity contribution in [3.63, 3.8) is 0 Å². The molecule has 3 aromatic rings. The van der Waals surface area contributed by atoms with Gasteiger partial charge >= 0.3 is 5.97 Å². The van der Waals surface area contributed by atoms with Crippen LogP contribution in [0.5, 0.6) is 0 Å². The molecule has 0 saturated carbocycles. The topological polar surface area (TPSA) is 64.0 Å². The van der Waals surface area contributed by atoms with E-state index in [0.29, 0.717) is 24.6 Å². The van der Waals surface area contributed by atoms with Crippen molar-refractivity contribution in [3.05, 3.63) is 71.2 Å². The third-order valence-electron chi connectivity index (χ3n) is 8.20. The Bertz CT molecular complexity index is 1350. The molecule has 214 valence electrons. The van der Waals surface area contributed by atoms with Crippen LogP contribution in [0.1, 0.15) is 60.3 Å². The molecule has 2 aromatic carbocycles. The number of likely N-dealkylation sites (N-methyl/N-ethyl adjacent to an activating group) is 1.